The van der Waals surface area contributed by atoms with Gasteiger partial charge in [0, 0.05) is 27.9 Å². The van der Waals surface area contributed by atoms with Gasteiger partial charge in [0.2, 0.25) is 0 Å². The van der Waals surface area contributed by atoms with E-state index in [1.807, 2.05) is 23.6 Å². The zero-order chi connectivity index (χ0) is 19.0. The first kappa shape index (κ1) is 20.4. The number of pyridine rings is 1. The highest BCUT2D eigenvalue weighted by Crippen LogP contribution is 2.39. The Morgan fingerprint density at radius 2 is 1.86 bits per heavy atom. The lowest BCUT2D eigenvalue weighted by molar-refractivity contribution is 0.478. The number of H-pyrrole nitrogens is 1. The van der Waals surface area contributed by atoms with E-state index < -0.39 is 0 Å². The van der Waals surface area contributed by atoms with Gasteiger partial charge in [-0.3, -0.25) is 4.79 Å². The Labute approximate surface area is 173 Å². The van der Waals surface area contributed by atoms with Gasteiger partial charge >= 0.3 is 0 Å². The molecule has 0 radical (unpaired) electrons. The fraction of sp³-hybridized carbons (Fsp3) is 0.227. The van der Waals surface area contributed by atoms with Gasteiger partial charge in [0.15, 0.2) is 0 Å². The van der Waals surface area contributed by atoms with Crippen LogP contribution < -0.4 is 10.9 Å². The first-order valence-electron chi connectivity index (χ1n) is 9.22. The minimum Gasteiger partial charge on any atom is -0.507 e. The van der Waals surface area contributed by atoms with E-state index in [4.69, 9.17) is 0 Å². The molecule has 1 unspecified atom stereocenters. The number of aromatic amines is 1. The molecule has 4 rings (SSSR count). The minimum atomic E-state index is -0.0871. The number of benzene rings is 2. The third-order valence-electron chi connectivity index (χ3n) is 5.03. The van der Waals surface area contributed by atoms with Gasteiger partial charge in [-0.25, -0.2) is 0 Å². The number of nitrogens with one attached hydrogen (secondary N) is 2. The van der Waals surface area contributed by atoms with E-state index in [1.165, 1.54) is 16.9 Å². The molecule has 0 aliphatic heterocycles. The minimum absolute atomic E-state index is 0. The number of hydrogen-bond acceptors (Lipinski definition) is 4. The summed E-state index contributed by atoms with van der Waals surface area (Å²) in [5, 5.41) is 17.8. The van der Waals surface area contributed by atoms with Crippen LogP contribution in [0.15, 0.2) is 52.6 Å². The number of aromatic nitrogens is 1. The summed E-state index contributed by atoms with van der Waals surface area (Å²) in [7, 11) is 0. The average molecular weight is 415 g/mol. The summed E-state index contributed by atoms with van der Waals surface area (Å²) in [5.74, 6) is 0.216. The molecular weight excluding hydrogens is 392 g/mol. The van der Waals surface area contributed by atoms with Crippen LogP contribution >= 0.6 is 23.7 Å². The van der Waals surface area contributed by atoms with Crippen LogP contribution in [0.1, 0.15) is 31.9 Å². The maximum absolute atomic E-state index is 12.3. The average Bonchev–Trinajstić information content (AvgIpc) is 3.18. The fourth-order valence-electron chi connectivity index (χ4n) is 3.76. The van der Waals surface area contributed by atoms with E-state index in [2.05, 4.69) is 36.3 Å². The Kier molecular flexibility index (Phi) is 6.08. The van der Waals surface area contributed by atoms with Gasteiger partial charge in [-0.05, 0) is 47.7 Å². The third-order valence-corrected chi connectivity index (χ3v) is 5.95. The highest BCUT2D eigenvalue weighted by atomic mass is 35.5. The second kappa shape index (κ2) is 8.35. The fourth-order valence-corrected chi connectivity index (χ4v) is 4.55. The molecule has 4 nitrogen and oxygen atoms in total. The highest BCUT2D eigenvalue weighted by molar-refractivity contribution is 7.17. The number of phenols is 1. The van der Waals surface area contributed by atoms with Crippen LogP contribution in [0, 0.1) is 0 Å². The van der Waals surface area contributed by atoms with Crippen LogP contribution in [0.5, 0.6) is 5.75 Å². The van der Waals surface area contributed by atoms with Gasteiger partial charge in [-0.15, -0.1) is 23.7 Å². The molecule has 2 aromatic heterocycles. The number of fused-ring (bicyclic) bond motifs is 3. The third kappa shape index (κ3) is 3.41. The SMILES string of the molecule is CCNC(CC)c1ccc(-c2c(O)ccc3[nH]c(=O)c4sccc4c23)cc1.Cl. The topological polar surface area (TPSA) is 65.1 Å². The van der Waals surface area contributed by atoms with Crippen LogP contribution in [0.25, 0.3) is 32.1 Å². The Morgan fingerprint density at radius 3 is 2.54 bits per heavy atom. The molecule has 2 heterocycles. The van der Waals surface area contributed by atoms with Gasteiger partial charge in [0.1, 0.15) is 10.4 Å². The quantitative estimate of drug-likeness (QED) is 0.398. The molecule has 0 saturated carbocycles. The van der Waals surface area contributed by atoms with Crippen molar-refractivity contribution in [2.24, 2.45) is 0 Å². The predicted octanol–water partition coefficient (Wildman–Crippen LogP) is 5.60. The summed E-state index contributed by atoms with van der Waals surface area (Å²) in [6.45, 7) is 5.20. The smallest absolute Gasteiger partial charge is 0.266 e. The predicted molar refractivity (Wildman–Crippen MR) is 121 cm³/mol. The maximum Gasteiger partial charge on any atom is 0.266 e. The highest BCUT2D eigenvalue weighted by Gasteiger charge is 2.16. The van der Waals surface area contributed by atoms with Crippen LogP contribution in [-0.2, 0) is 0 Å². The van der Waals surface area contributed by atoms with Crippen molar-refractivity contribution in [3.05, 3.63) is 63.8 Å². The molecule has 0 aliphatic carbocycles. The molecule has 3 N–H and O–H groups in total. The van der Waals surface area contributed by atoms with E-state index in [1.54, 1.807) is 12.1 Å². The standard InChI is InChI=1S/C22H22N2O2S.ClH/c1-3-16(23-4-2)13-5-7-14(8-6-13)19-18(25)10-9-17-20(19)15-11-12-27-21(15)22(26)24-17;/h5-12,16,23,25H,3-4H2,1-2H3,(H,24,26);1H. The lowest BCUT2D eigenvalue weighted by atomic mass is 9.95. The number of hydrogen-bond donors (Lipinski definition) is 3. The molecule has 4 aromatic rings. The monoisotopic (exact) mass is 414 g/mol. The first-order valence-corrected chi connectivity index (χ1v) is 10.1. The van der Waals surface area contributed by atoms with Gasteiger partial charge in [0.05, 0.1) is 0 Å². The number of aromatic hydroxyl groups is 1. The van der Waals surface area contributed by atoms with Gasteiger partial charge < -0.3 is 15.4 Å². The van der Waals surface area contributed by atoms with Crippen molar-refractivity contribution in [1.82, 2.24) is 10.3 Å². The van der Waals surface area contributed by atoms with Crippen LogP contribution in [0.4, 0.5) is 0 Å². The molecule has 0 spiro atoms. The van der Waals surface area contributed by atoms with Crippen molar-refractivity contribution in [3.8, 4) is 16.9 Å². The van der Waals surface area contributed by atoms with Gasteiger partial charge in [-0.1, -0.05) is 38.1 Å². The second-order valence-corrected chi connectivity index (χ2v) is 7.56. The zero-order valence-corrected chi connectivity index (χ0v) is 17.4. The van der Waals surface area contributed by atoms with E-state index in [0.29, 0.717) is 10.7 Å². The van der Waals surface area contributed by atoms with Crippen molar-refractivity contribution in [1.29, 1.82) is 0 Å². The number of phenolic OH excluding ortho intramolecular Hbond substituents is 1. The molecule has 0 saturated heterocycles. The van der Waals surface area contributed by atoms with E-state index in [0.717, 1.165) is 40.4 Å². The summed E-state index contributed by atoms with van der Waals surface area (Å²) >= 11 is 1.42. The summed E-state index contributed by atoms with van der Waals surface area (Å²) < 4.78 is 0.684. The summed E-state index contributed by atoms with van der Waals surface area (Å²) in [4.78, 5) is 15.2. The molecule has 0 fully saturated rings. The summed E-state index contributed by atoms with van der Waals surface area (Å²) in [6, 6.07) is 14.0. The lowest BCUT2D eigenvalue weighted by Gasteiger charge is -2.17. The van der Waals surface area contributed by atoms with Crippen molar-refractivity contribution in [2.45, 2.75) is 26.3 Å². The van der Waals surface area contributed by atoms with E-state index in [-0.39, 0.29) is 23.7 Å². The maximum atomic E-state index is 12.3. The van der Waals surface area contributed by atoms with Crippen molar-refractivity contribution < 1.29 is 5.11 Å². The largest absolute Gasteiger partial charge is 0.507 e. The molecule has 2 aromatic carbocycles. The molecule has 1 atom stereocenters. The molecule has 0 bridgehead atoms. The molecular formula is C22H23ClN2O2S. The molecule has 146 valence electrons. The molecule has 0 aliphatic rings. The van der Waals surface area contributed by atoms with Gasteiger partial charge in [0.25, 0.3) is 5.56 Å². The Bertz CT molecular complexity index is 1170. The molecule has 6 heteroatoms. The summed E-state index contributed by atoms with van der Waals surface area (Å²) in [6.07, 6.45) is 1.02. The van der Waals surface area contributed by atoms with Gasteiger partial charge in [-0.2, -0.15) is 0 Å². The van der Waals surface area contributed by atoms with Crippen LogP contribution in [0.3, 0.4) is 0 Å². The lowest BCUT2D eigenvalue weighted by Crippen LogP contribution is -2.19. The zero-order valence-electron chi connectivity index (χ0n) is 15.8. The normalized spacial score (nSPS) is 12.2. The Hall–Kier alpha value is -2.34. The van der Waals surface area contributed by atoms with Crippen LogP contribution in [-0.4, -0.2) is 16.6 Å². The first-order chi connectivity index (χ1) is 13.1. The Balaban J connectivity index is 0.00000225. The number of rotatable bonds is 5. The van der Waals surface area contributed by atoms with Crippen molar-refractivity contribution >= 4 is 44.7 Å². The molecule has 28 heavy (non-hydrogen) atoms. The van der Waals surface area contributed by atoms with E-state index in [9.17, 15) is 9.90 Å². The molecule has 0 amide bonds. The number of thiophene rings is 1. The number of halogens is 1. The summed E-state index contributed by atoms with van der Waals surface area (Å²) in [5.41, 5.74) is 3.58. The van der Waals surface area contributed by atoms with E-state index >= 15 is 0 Å². The van der Waals surface area contributed by atoms with Crippen LogP contribution in [0.2, 0.25) is 0 Å². The Morgan fingerprint density at radius 1 is 1.11 bits per heavy atom. The van der Waals surface area contributed by atoms with Crippen molar-refractivity contribution in [3.63, 3.8) is 0 Å². The van der Waals surface area contributed by atoms with Crippen molar-refractivity contribution in [2.75, 3.05) is 6.54 Å². The second-order valence-electron chi connectivity index (χ2n) is 6.64.